The number of aliphatic carboxylic acids is 1. The van der Waals surface area contributed by atoms with Crippen molar-refractivity contribution in [2.75, 3.05) is 5.75 Å². The number of carboxylic acids is 1. The lowest BCUT2D eigenvalue weighted by Gasteiger charge is -2.18. The summed E-state index contributed by atoms with van der Waals surface area (Å²) in [5.41, 5.74) is 2.34. The van der Waals surface area contributed by atoms with Crippen molar-refractivity contribution in [1.82, 2.24) is 0 Å². The predicted molar refractivity (Wildman–Crippen MR) is 135 cm³/mol. The fourth-order valence-corrected chi connectivity index (χ4v) is 4.64. The molecule has 0 saturated heterocycles. The third kappa shape index (κ3) is 8.02. The maximum Gasteiger partial charge on any atom is 0.303 e. The molecule has 0 aliphatic rings. The summed E-state index contributed by atoms with van der Waals surface area (Å²) in [6.07, 6.45) is 2.49. The molecular weight excluding hydrogens is 456 g/mol. The van der Waals surface area contributed by atoms with E-state index >= 15 is 0 Å². The average molecular weight is 485 g/mol. The first-order valence-corrected chi connectivity index (χ1v) is 12.5. The molecule has 1 N–H and O–H groups in total. The number of hydrogen-bond donors (Lipinski definition) is 1. The van der Waals surface area contributed by atoms with E-state index in [0.717, 1.165) is 29.9 Å². The third-order valence-electron chi connectivity index (χ3n) is 5.16. The number of ether oxygens (including phenoxy) is 2. The van der Waals surface area contributed by atoms with Gasteiger partial charge < -0.3 is 14.6 Å². The molecule has 0 unspecified atom stereocenters. The first kappa shape index (κ1) is 25.0. The molecule has 33 heavy (non-hydrogen) atoms. The van der Waals surface area contributed by atoms with Crippen LogP contribution in [0, 0.1) is 0 Å². The topological polar surface area (TPSA) is 55.8 Å². The highest BCUT2D eigenvalue weighted by molar-refractivity contribution is 7.99. The van der Waals surface area contributed by atoms with E-state index in [4.69, 9.17) is 26.2 Å². The molecule has 3 rings (SSSR count). The highest BCUT2D eigenvalue weighted by Gasteiger charge is 2.12. The molecule has 0 saturated carbocycles. The van der Waals surface area contributed by atoms with Crippen molar-refractivity contribution in [3.63, 3.8) is 0 Å². The molecule has 3 aromatic rings. The van der Waals surface area contributed by atoms with Crippen LogP contribution in [0.15, 0.2) is 71.6 Å². The lowest BCUT2D eigenvalue weighted by Crippen LogP contribution is -2.13. The number of para-hydroxylation sites is 1. The predicted octanol–water partition coefficient (Wildman–Crippen LogP) is 7.66. The maximum atomic E-state index is 10.9. The summed E-state index contributed by atoms with van der Waals surface area (Å²) in [6.45, 7) is 4.15. The van der Waals surface area contributed by atoms with E-state index in [9.17, 15) is 4.79 Å². The Hall–Kier alpha value is -2.63. The average Bonchev–Trinajstić information content (AvgIpc) is 2.80. The number of halogens is 1. The Labute approximate surface area is 204 Å². The van der Waals surface area contributed by atoms with Gasteiger partial charge in [-0.05, 0) is 73.7 Å². The summed E-state index contributed by atoms with van der Waals surface area (Å²) >= 11 is 7.96. The second-order valence-corrected chi connectivity index (χ2v) is 9.35. The van der Waals surface area contributed by atoms with Crippen molar-refractivity contribution in [3.05, 3.63) is 82.9 Å². The Bertz CT molecular complexity index is 1060. The highest BCUT2D eigenvalue weighted by Crippen LogP contribution is 2.35. The van der Waals surface area contributed by atoms with Crippen LogP contribution in [0.25, 0.3) is 0 Å². The quantitative estimate of drug-likeness (QED) is 0.267. The Balaban J connectivity index is 1.55. The number of rotatable bonds is 12. The number of hydrogen-bond acceptors (Lipinski definition) is 4. The first-order valence-electron chi connectivity index (χ1n) is 11.1. The lowest BCUT2D eigenvalue weighted by atomic mass is 10.0. The fourth-order valence-electron chi connectivity index (χ4n) is 3.40. The second-order valence-electron chi connectivity index (χ2n) is 7.75. The van der Waals surface area contributed by atoms with Gasteiger partial charge in [0.15, 0.2) is 11.5 Å². The van der Waals surface area contributed by atoms with Crippen molar-refractivity contribution < 1.29 is 19.4 Å². The van der Waals surface area contributed by atoms with Gasteiger partial charge in [0.25, 0.3) is 0 Å². The lowest BCUT2D eigenvalue weighted by molar-refractivity contribution is -0.136. The zero-order valence-corrected chi connectivity index (χ0v) is 20.5. The van der Waals surface area contributed by atoms with E-state index in [1.54, 1.807) is 23.9 Å². The summed E-state index contributed by atoms with van der Waals surface area (Å²) in [4.78, 5) is 12.1. The zero-order valence-electron chi connectivity index (χ0n) is 18.9. The van der Waals surface area contributed by atoms with Gasteiger partial charge >= 0.3 is 5.97 Å². The van der Waals surface area contributed by atoms with Gasteiger partial charge in [-0.15, -0.1) is 11.8 Å². The van der Waals surface area contributed by atoms with Crippen LogP contribution < -0.4 is 9.47 Å². The van der Waals surface area contributed by atoms with Gasteiger partial charge in [0.1, 0.15) is 5.75 Å². The van der Waals surface area contributed by atoms with Crippen LogP contribution >= 0.6 is 23.4 Å². The first-order chi connectivity index (χ1) is 15.9. The van der Waals surface area contributed by atoms with Gasteiger partial charge in [0, 0.05) is 28.2 Å². The van der Waals surface area contributed by atoms with Crippen molar-refractivity contribution in [3.8, 4) is 17.2 Å². The summed E-state index contributed by atoms with van der Waals surface area (Å²) in [5, 5.41) is 9.53. The minimum absolute atomic E-state index is 0.00251. The van der Waals surface area contributed by atoms with Crippen molar-refractivity contribution in [2.24, 2.45) is 0 Å². The van der Waals surface area contributed by atoms with Gasteiger partial charge in [-0.1, -0.05) is 42.8 Å². The van der Waals surface area contributed by atoms with E-state index in [-0.39, 0.29) is 12.5 Å². The molecule has 0 aromatic heterocycles. The molecule has 0 bridgehead atoms. The summed E-state index contributed by atoms with van der Waals surface area (Å²) < 4.78 is 12.2. The molecule has 0 aliphatic carbocycles. The van der Waals surface area contributed by atoms with E-state index in [1.165, 1.54) is 10.5 Å². The molecule has 0 fully saturated rings. The Kier molecular flexibility index (Phi) is 9.52. The fraction of sp³-hybridized carbons (Fsp3) is 0.296. The largest absolute Gasteiger partial charge is 0.487 e. The van der Waals surface area contributed by atoms with E-state index in [2.05, 4.69) is 25.1 Å². The number of carboxylic acid groups (broad SMARTS) is 1. The molecule has 4 nitrogen and oxygen atoms in total. The van der Waals surface area contributed by atoms with E-state index < -0.39 is 5.97 Å². The van der Waals surface area contributed by atoms with Crippen molar-refractivity contribution >= 4 is 29.3 Å². The van der Waals surface area contributed by atoms with E-state index in [1.807, 2.05) is 43.3 Å². The van der Waals surface area contributed by atoms with Gasteiger partial charge in [0.05, 0.1) is 6.10 Å². The van der Waals surface area contributed by atoms with Gasteiger partial charge in [-0.3, -0.25) is 4.79 Å². The van der Waals surface area contributed by atoms with Gasteiger partial charge in [-0.25, -0.2) is 0 Å². The van der Waals surface area contributed by atoms with Gasteiger partial charge in [-0.2, -0.15) is 0 Å². The minimum Gasteiger partial charge on any atom is -0.487 e. The molecule has 0 amide bonds. The molecular formula is C27H29ClO4S. The second kappa shape index (κ2) is 12.6. The molecule has 1 atom stereocenters. The van der Waals surface area contributed by atoms with Crippen LogP contribution in [0.5, 0.6) is 17.2 Å². The maximum absolute atomic E-state index is 10.9. The van der Waals surface area contributed by atoms with Gasteiger partial charge in [0.2, 0.25) is 0 Å². The minimum atomic E-state index is -0.762. The van der Waals surface area contributed by atoms with Crippen molar-refractivity contribution in [1.29, 1.82) is 0 Å². The molecule has 0 spiro atoms. The third-order valence-corrected chi connectivity index (χ3v) is 6.43. The SMILES string of the molecule is CCc1cc(SCC[C@H](C)Oc2ccc(Cl)cc2Oc2ccccc2)ccc1CCC(=O)O. The Morgan fingerprint density at radius 2 is 1.82 bits per heavy atom. The Morgan fingerprint density at radius 3 is 2.55 bits per heavy atom. The molecule has 0 radical (unpaired) electrons. The van der Waals surface area contributed by atoms with Crippen LogP contribution in [0.3, 0.4) is 0 Å². The van der Waals surface area contributed by atoms with Crippen LogP contribution in [0.1, 0.15) is 37.8 Å². The van der Waals surface area contributed by atoms with Crippen LogP contribution in [0.2, 0.25) is 5.02 Å². The monoisotopic (exact) mass is 484 g/mol. The number of benzene rings is 3. The van der Waals surface area contributed by atoms with Crippen LogP contribution in [-0.2, 0) is 17.6 Å². The smallest absolute Gasteiger partial charge is 0.303 e. The van der Waals surface area contributed by atoms with E-state index in [0.29, 0.717) is 22.9 Å². The summed E-state index contributed by atoms with van der Waals surface area (Å²) in [6, 6.07) is 21.3. The normalized spacial score (nSPS) is 11.7. The highest BCUT2D eigenvalue weighted by atomic mass is 35.5. The zero-order chi connectivity index (χ0) is 23.6. The summed E-state index contributed by atoms with van der Waals surface area (Å²) in [7, 11) is 0. The summed E-state index contributed by atoms with van der Waals surface area (Å²) in [5.74, 6) is 2.13. The molecule has 0 aliphatic heterocycles. The molecule has 6 heteroatoms. The number of carbonyl (C=O) groups is 1. The molecule has 174 valence electrons. The Morgan fingerprint density at radius 1 is 1.03 bits per heavy atom. The molecule has 0 heterocycles. The molecule has 3 aromatic carbocycles. The number of aryl methyl sites for hydroxylation is 2. The standard InChI is InChI=1S/C27H29ClO4S/c1-3-20-17-24(12-9-21(20)10-14-27(29)30)33-16-15-19(2)31-25-13-11-22(28)18-26(25)32-23-7-5-4-6-8-23/h4-9,11-13,17-19H,3,10,14-16H2,1-2H3,(H,29,30)/t19-/m0/s1. The van der Waals surface area contributed by atoms with Crippen molar-refractivity contribution in [2.45, 2.75) is 50.5 Å². The van der Waals surface area contributed by atoms with Crippen LogP contribution in [-0.4, -0.2) is 22.9 Å². The van der Waals surface area contributed by atoms with Crippen LogP contribution in [0.4, 0.5) is 0 Å². The number of thioether (sulfide) groups is 1.